The van der Waals surface area contributed by atoms with Crippen molar-refractivity contribution in [3.63, 3.8) is 0 Å². The van der Waals surface area contributed by atoms with Crippen LogP contribution in [-0.2, 0) is 0 Å². The third kappa shape index (κ3) is 4.02. The molecule has 0 heterocycles. The summed E-state index contributed by atoms with van der Waals surface area (Å²) in [5, 5.41) is 4.32. The Morgan fingerprint density at radius 3 is 1.58 bits per heavy atom. The SMILES string of the molecule is NC(=O)c1ccc(C(=O)NN=C(c2ccccc2)c2ccccc2)cc1. The van der Waals surface area contributed by atoms with Gasteiger partial charge >= 0.3 is 0 Å². The summed E-state index contributed by atoms with van der Waals surface area (Å²) < 4.78 is 0. The van der Waals surface area contributed by atoms with E-state index in [-0.39, 0.29) is 5.91 Å². The number of primary amides is 1. The van der Waals surface area contributed by atoms with Gasteiger partial charge in [0.05, 0.1) is 5.71 Å². The summed E-state index contributed by atoms with van der Waals surface area (Å²) >= 11 is 0. The number of carbonyl (C=O) groups excluding carboxylic acids is 2. The fraction of sp³-hybridized carbons (Fsp3) is 0. The van der Waals surface area contributed by atoms with Gasteiger partial charge in [-0.2, -0.15) is 5.10 Å². The number of hydrazone groups is 1. The molecule has 5 nitrogen and oxygen atoms in total. The molecule has 0 fully saturated rings. The molecule has 0 bridgehead atoms. The van der Waals surface area contributed by atoms with Crippen LogP contribution in [-0.4, -0.2) is 17.5 Å². The smallest absolute Gasteiger partial charge is 0.271 e. The van der Waals surface area contributed by atoms with Crippen molar-refractivity contribution in [2.45, 2.75) is 0 Å². The van der Waals surface area contributed by atoms with Crippen molar-refractivity contribution in [2.24, 2.45) is 10.8 Å². The molecule has 3 aromatic carbocycles. The second kappa shape index (κ2) is 7.90. The van der Waals surface area contributed by atoms with Crippen molar-refractivity contribution in [2.75, 3.05) is 0 Å². The molecule has 2 amide bonds. The summed E-state index contributed by atoms with van der Waals surface area (Å²) in [6.07, 6.45) is 0. The zero-order valence-electron chi connectivity index (χ0n) is 13.9. The van der Waals surface area contributed by atoms with Gasteiger partial charge in [-0.05, 0) is 24.3 Å². The Labute approximate surface area is 151 Å². The van der Waals surface area contributed by atoms with E-state index in [1.165, 1.54) is 24.3 Å². The Bertz CT molecular complexity index is 893. The van der Waals surface area contributed by atoms with Gasteiger partial charge < -0.3 is 5.73 Å². The number of rotatable bonds is 5. The minimum absolute atomic E-state index is 0.347. The largest absolute Gasteiger partial charge is 0.366 e. The van der Waals surface area contributed by atoms with Gasteiger partial charge in [0.25, 0.3) is 5.91 Å². The number of carbonyl (C=O) groups is 2. The third-order valence-electron chi connectivity index (χ3n) is 3.80. The monoisotopic (exact) mass is 343 g/mol. The topological polar surface area (TPSA) is 84.5 Å². The third-order valence-corrected chi connectivity index (χ3v) is 3.80. The standard InChI is InChI=1S/C21H17N3O2/c22-20(25)17-11-13-18(14-12-17)21(26)24-23-19(15-7-3-1-4-8-15)16-9-5-2-6-10-16/h1-14H,(H2,22,25)(H,24,26). The van der Waals surface area contributed by atoms with E-state index >= 15 is 0 Å². The second-order valence-electron chi connectivity index (χ2n) is 5.57. The van der Waals surface area contributed by atoms with Gasteiger partial charge in [0, 0.05) is 22.3 Å². The minimum atomic E-state index is -0.537. The molecule has 0 aliphatic rings. The fourth-order valence-electron chi connectivity index (χ4n) is 2.44. The van der Waals surface area contributed by atoms with Gasteiger partial charge in [-0.25, -0.2) is 5.43 Å². The first kappa shape index (κ1) is 17.1. The number of nitrogens with one attached hydrogen (secondary N) is 1. The van der Waals surface area contributed by atoms with Gasteiger partial charge in [0.2, 0.25) is 5.91 Å². The van der Waals surface area contributed by atoms with Gasteiger partial charge in [-0.1, -0.05) is 60.7 Å². The maximum absolute atomic E-state index is 12.4. The van der Waals surface area contributed by atoms with Crippen LogP contribution in [0.2, 0.25) is 0 Å². The molecule has 0 atom stereocenters. The molecule has 0 unspecified atom stereocenters. The summed E-state index contributed by atoms with van der Waals surface area (Å²) in [6, 6.07) is 25.3. The number of nitrogens with zero attached hydrogens (tertiary/aromatic N) is 1. The highest BCUT2D eigenvalue weighted by Gasteiger charge is 2.10. The van der Waals surface area contributed by atoms with Crippen molar-refractivity contribution in [1.29, 1.82) is 0 Å². The zero-order chi connectivity index (χ0) is 18.4. The Balaban J connectivity index is 1.86. The number of hydrogen-bond donors (Lipinski definition) is 2. The number of benzene rings is 3. The zero-order valence-corrected chi connectivity index (χ0v) is 13.9. The van der Waals surface area contributed by atoms with Crippen molar-refractivity contribution >= 4 is 17.5 Å². The highest BCUT2D eigenvalue weighted by molar-refractivity contribution is 6.13. The molecular weight excluding hydrogens is 326 g/mol. The summed E-state index contributed by atoms with van der Waals surface area (Å²) in [7, 11) is 0. The summed E-state index contributed by atoms with van der Waals surface area (Å²) in [5.41, 5.74) is 11.0. The molecule has 5 heteroatoms. The van der Waals surface area contributed by atoms with Crippen LogP contribution in [0.15, 0.2) is 90.0 Å². The first-order valence-electron chi connectivity index (χ1n) is 8.04. The highest BCUT2D eigenvalue weighted by Crippen LogP contribution is 2.11. The Hall–Kier alpha value is -3.73. The van der Waals surface area contributed by atoms with E-state index in [0.29, 0.717) is 16.8 Å². The van der Waals surface area contributed by atoms with Crippen LogP contribution < -0.4 is 11.2 Å². The van der Waals surface area contributed by atoms with E-state index in [4.69, 9.17) is 5.73 Å². The Morgan fingerprint density at radius 2 is 1.12 bits per heavy atom. The number of hydrogen-bond acceptors (Lipinski definition) is 3. The van der Waals surface area contributed by atoms with E-state index in [0.717, 1.165) is 11.1 Å². The minimum Gasteiger partial charge on any atom is -0.366 e. The van der Waals surface area contributed by atoms with Crippen LogP contribution in [0.1, 0.15) is 31.8 Å². The van der Waals surface area contributed by atoms with Crippen LogP contribution in [0, 0.1) is 0 Å². The second-order valence-corrected chi connectivity index (χ2v) is 5.57. The van der Waals surface area contributed by atoms with Crippen LogP contribution in [0.25, 0.3) is 0 Å². The molecule has 0 aromatic heterocycles. The first-order valence-corrected chi connectivity index (χ1v) is 8.04. The molecule has 0 saturated carbocycles. The van der Waals surface area contributed by atoms with Crippen molar-refractivity contribution in [3.05, 3.63) is 107 Å². The molecule has 0 radical (unpaired) electrons. The molecule has 128 valence electrons. The maximum Gasteiger partial charge on any atom is 0.271 e. The van der Waals surface area contributed by atoms with E-state index in [1.807, 2.05) is 60.7 Å². The molecule has 3 aromatic rings. The molecule has 3 rings (SSSR count). The average molecular weight is 343 g/mol. The van der Waals surface area contributed by atoms with Gasteiger partial charge in [-0.3, -0.25) is 9.59 Å². The predicted octanol–water partition coefficient (Wildman–Crippen LogP) is 2.97. The molecule has 0 aliphatic carbocycles. The summed E-state index contributed by atoms with van der Waals surface area (Å²) in [6.45, 7) is 0. The van der Waals surface area contributed by atoms with E-state index in [1.54, 1.807) is 0 Å². The lowest BCUT2D eigenvalue weighted by Gasteiger charge is -2.08. The van der Waals surface area contributed by atoms with Crippen LogP contribution in [0.5, 0.6) is 0 Å². The van der Waals surface area contributed by atoms with Crippen molar-refractivity contribution < 1.29 is 9.59 Å². The Kier molecular flexibility index (Phi) is 5.19. The number of nitrogens with two attached hydrogens (primary N) is 1. The normalized spacial score (nSPS) is 10.0. The first-order chi connectivity index (χ1) is 12.6. The summed E-state index contributed by atoms with van der Waals surface area (Å²) in [5.74, 6) is -0.907. The predicted molar refractivity (Wildman–Crippen MR) is 101 cm³/mol. The summed E-state index contributed by atoms with van der Waals surface area (Å²) in [4.78, 5) is 23.5. The fourth-order valence-corrected chi connectivity index (χ4v) is 2.44. The molecule has 3 N–H and O–H groups in total. The van der Waals surface area contributed by atoms with Crippen molar-refractivity contribution in [3.8, 4) is 0 Å². The van der Waals surface area contributed by atoms with E-state index in [2.05, 4.69) is 10.5 Å². The average Bonchev–Trinajstić information content (AvgIpc) is 2.69. The molecule has 0 aliphatic heterocycles. The Morgan fingerprint density at radius 1 is 0.654 bits per heavy atom. The number of amides is 2. The lowest BCUT2D eigenvalue weighted by molar-refractivity contribution is 0.0952. The van der Waals surface area contributed by atoms with Crippen molar-refractivity contribution in [1.82, 2.24) is 5.43 Å². The molecule has 0 saturated heterocycles. The van der Waals surface area contributed by atoms with E-state index in [9.17, 15) is 9.59 Å². The van der Waals surface area contributed by atoms with Gasteiger partial charge in [0.15, 0.2) is 0 Å². The lowest BCUT2D eigenvalue weighted by atomic mass is 10.0. The van der Waals surface area contributed by atoms with Gasteiger partial charge in [0.1, 0.15) is 0 Å². The lowest BCUT2D eigenvalue weighted by Crippen LogP contribution is -2.21. The molecule has 0 spiro atoms. The van der Waals surface area contributed by atoms with Gasteiger partial charge in [-0.15, -0.1) is 0 Å². The maximum atomic E-state index is 12.4. The van der Waals surface area contributed by atoms with Crippen LogP contribution in [0.4, 0.5) is 0 Å². The molecular formula is C21H17N3O2. The van der Waals surface area contributed by atoms with E-state index < -0.39 is 5.91 Å². The molecule has 26 heavy (non-hydrogen) atoms. The quantitative estimate of drug-likeness (QED) is 0.551. The highest BCUT2D eigenvalue weighted by atomic mass is 16.2. The van der Waals surface area contributed by atoms with Crippen LogP contribution >= 0.6 is 0 Å². The van der Waals surface area contributed by atoms with Crippen LogP contribution in [0.3, 0.4) is 0 Å².